The highest BCUT2D eigenvalue weighted by Crippen LogP contribution is 2.44. The van der Waals surface area contributed by atoms with Gasteiger partial charge in [-0.3, -0.25) is 9.59 Å². The van der Waals surface area contributed by atoms with Gasteiger partial charge in [-0.05, 0) is 28.7 Å². The molecule has 0 fully saturated rings. The molecule has 2 aromatic rings. The zero-order valence-electron chi connectivity index (χ0n) is 17.6. The van der Waals surface area contributed by atoms with Gasteiger partial charge in [0.15, 0.2) is 0 Å². The number of rotatable bonds is 10. The summed E-state index contributed by atoms with van der Waals surface area (Å²) in [5.74, 6) is -1.29. The van der Waals surface area contributed by atoms with Gasteiger partial charge in [0.25, 0.3) is 0 Å². The van der Waals surface area contributed by atoms with Crippen molar-refractivity contribution in [2.24, 2.45) is 0 Å². The molecule has 2 amide bonds. The Morgan fingerprint density at radius 3 is 2.23 bits per heavy atom. The summed E-state index contributed by atoms with van der Waals surface area (Å²) >= 11 is 0. The Kier molecular flexibility index (Phi) is 7.65. The lowest BCUT2D eigenvalue weighted by Crippen LogP contribution is -2.40. The van der Waals surface area contributed by atoms with Crippen LogP contribution in [-0.4, -0.2) is 42.3 Å². The highest BCUT2D eigenvalue weighted by molar-refractivity contribution is 5.80. The average molecular weight is 424 g/mol. The topological polar surface area (TPSA) is 105 Å². The van der Waals surface area contributed by atoms with E-state index in [-0.39, 0.29) is 43.9 Å². The van der Waals surface area contributed by atoms with E-state index in [0.29, 0.717) is 6.42 Å². The number of amides is 2. The second kappa shape index (κ2) is 10.6. The molecule has 1 unspecified atom stereocenters. The van der Waals surface area contributed by atoms with E-state index in [1.54, 1.807) is 0 Å². The fourth-order valence-electron chi connectivity index (χ4n) is 3.99. The number of benzene rings is 2. The molecule has 2 aromatic carbocycles. The number of ether oxygens (including phenoxy) is 1. The second-order valence-electron chi connectivity index (χ2n) is 7.65. The molecular weight excluding hydrogens is 396 g/mol. The second-order valence-corrected chi connectivity index (χ2v) is 7.65. The van der Waals surface area contributed by atoms with Gasteiger partial charge in [0, 0.05) is 24.9 Å². The van der Waals surface area contributed by atoms with Crippen LogP contribution in [0.25, 0.3) is 11.1 Å². The van der Waals surface area contributed by atoms with E-state index in [4.69, 9.17) is 9.84 Å². The number of nitrogens with one attached hydrogen (secondary N) is 2. The van der Waals surface area contributed by atoms with Crippen LogP contribution in [0.3, 0.4) is 0 Å². The minimum atomic E-state index is -0.970. The SMILES string of the molecule is CCCC(CC(=O)NCCC(=O)O)NC(=O)OCC1c2ccccc2-c2ccccc21. The van der Waals surface area contributed by atoms with E-state index in [0.717, 1.165) is 28.7 Å². The normalized spacial score (nSPS) is 13.1. The molecule has 7 heteroatoms. The third-order valence-corrected chi connectivity index (χ3v) is 5.40. The van der Waals surface area contributed by atoms with Crippen molar-refractivity contribution in [3.8, 4) is 11.1 Å². The highest BCUT2D eigenvalue weighted by Gasteiger charge is 2.29. The Balaban J connectivity index is 1.56. The van der Waals surface area contributed by atoms with E-state index in [2.05, 4.69) is 34.9 Å². The molecule has 0 radical (unpaired) electrons. The summed E-state index contributed by atoms with van der Waals surface area (Å²) in [5.41, 5.74) is 4.60. The van der Waals surface area contributed by atoms with Gasteiger partial charge in [-0.2, -0.15) is 0 Å². The van der Waals surface area contributed by atoms with E-state index in [9.17, 15) is 14.4 Å². The molecule has 1 aliphatic rings. The summed E-state index contributed by atoms with van der Waals surface area (Å²) < 4.78 is 5.55. The highest BCUT2D eigenvalue weighted by atomic mass is 16.5. The number of carboxylic acid groups (broad SMARTS) is 1. The average Bonchev–Trinajstić information content (AvgIpc) is 3.06. The summed E-state index contributed by atoms with van der Waals surface area (Å²) in [4.78, 5) is 35.0. The number of carbonyl (C=O) groups excluding carboxylic acids is 2. The van der Waals surface area contributed by atoms with Crippen LogP contribution in [-0.2, 0) is 14.3 Å². The van der Waals surface area contributed by atoms with E-state index >= 15 is 0 Å². The summed E-state index contributed by atoms with van der Waals surface area (Å²) in [6.07, 6.45) is 0.799. The van der Waals surface area contributed by atoms with Gasteiger partial charge in [0.05, 0.1) is 6.42 Å². The number of alkyl carbamates (subject to hydrolysis) is 1. The van der Waals surface area contributed by atoms with Crippen LogP contribution in [0.15, 0.2) is 48.5 Å². The molecule has 0 saturated carbocycles. The van der Waals surface area contributed by atoms with E-state index in [1.807, 2.05) is 31.2 Å². The van der Waals surface area contributed by atoms with Crippen molar-refractivity contribution >= 4 is 18.0 Å². The standard InChI is InChI=1S/C24H28N2O5/c1-2-7-16(14-22(27)25-13-12-23(28)29)26-24(30)31-15-21-19-10-5-3-8-17(19)18-9-4-6-11-20(18)21/h3-6,8-11,16,21H,2,7,12-15H2,1H3,(H,25,27)(H,26,30)(H,28,29). The van der Waals surface area contributed by atoms with Gasteiger partial charge < -0.3 is 20.5 Å². The van der Waals surface area contributed by atoms with Crippen molar-refractivity contribution in [2.45, 2.75) is 44.6 Å². The third kappa shape index (κ3) is 5.84. The first-order valence-electron chi connectivity index (χ1n) is 10.6. The molecule has 164 valence electrons. The van der Waals surface area contributed by atoms with Crippen molar-refractivity contribution in [1.82, 2.24) is 10.6 Å². The molecule has 0 aromatic heterocycles. The van der Waals surface area contributed by atoms with Crippen LogP contribution < -0.4 is 10.6 Å². The minimum absolute atomic E-state index is 0.0258. The van der Waals surface area contributed by atoms with Crippen molar-refractivity contribution in [3.05, 3.63) is 59.7 Å². The van der Waals surface area contributed by atoms with Crippen LogP contribution >= 0.6 is 0 Å². The lowest BCUT2D eigenvalue weighted by molar-refractivity contribution is -0.136. The predicted octanol–water partition coefficient (Wildman–Crippen LogP) is 3.67. The number of hydrogen-bond donors (Lipinski definition) is 3. The number of carboxylic acids is 1. The molecule has 0 spiro atoms. The van der Waals surface area contributed by atoms with Gasteiger partial charge in [-0.1, -0.05) is 61.9 Å². The van der Waals surface area contributed by atoms with Gasteiger partial charge in [-0.25, -0.2) is 4.79 Å². The van der Waals surface area contributed by atoms with Crippen molar-refractivity contribution in [2.75, 3.05) is 13.2 Å². The number of fused-ring (bicyclic) bond motifs is 3. The van der Waals surface area contributed by atoms with Crippen molar-refractivity contribution < 1.29 is 24.2 Å². The number of hydrogen-bond acceptors (Lipinski definition) is 4. The quantitative estimate of drug-likeness (QED) is 0.540. The van der Waals surface area contributed by atoms with Gasteiger partial charge in [0.2, 0.25) is 5.91 Å². The molecule has 1 aliphatic carbocycles. The maximum Gasteiger partial charge on any atom is 0.407 e. The molecule has 0 saturated heterocycles. The van der Waals surface area contributed by atoms with Crippen molar-refractivity contribution in [3.63, 3.8) is 0 Å². The molecule has 1 atom stereocenters. The predicted molar refractivity (Wildman–Crippen MR) is 117 cm³/mol. The Bertz CT molecular complexity index is 898. The minimum Gasteiger partial charge on any atom is -0.481 e. The maximum absolute atomic E-state index is 12.5. The third-order valence-electron chi connectivity index (χ3n) is 5.40. The van der Waals surface area contributed by atoms with Gasteiger partial charge >= 0.3 is 12.1 Å². The van der Waals surface area contributed by atoms with Crippen LogP contribution in [0.1, 0.15) is 49.7 Å². The largest absolute Gasteiger partial charge is 0.481 e. The van der Waals surface area contributed by atoms with Gasteiger partial charge in [0.1, 0.15) is 6.61 Å². The van der Waals surface area contributed by atoms with E-state index < -0.39 is 12.1 Å². The molecule has 0 heterocycles. The molecule has 7 nitrogen and oxygen atoms in total. The molecule has 0 aliphatic heterocycles. The summed E-state index contributed by atoms with van der Waals surface area (Å²) in [6, 6.07) is 15.9. The lowest BCUT2D eigenvalue weighted by Gasteiger charge is -2.19. The van der Waals surface area contributed by atoms with Crippen LogP contribution in [0.2, 0.25) is 0 Å². The van der Waals surface area contributed by atoms with Crippen molar-refractivity contribution in [1.29, 1.82) is 0 Å². The smallest absolute Gasteiger partial charge is 0.407 e. The molecule has 3 N–H and O–H groups in total. The first-order valence-corrected chi connectivity index (χ1v) is 10.6. The zero-order chi connectivity index (χ0) is 22.2. The van der Waals surface area contributed by atoms with Crippen LogP contribution in [0, 0.1) is 0 Å². The Morgan fingerprint density at radius 2 is 1.65 bits per heavy atom. The Morgan fingerprint density at radius 1 is 1.03 bits per heavy atom. The van der Waals surface area contributed by atoms with Crippen LogP contribution in [0.5, 0.6) is 0 Å². The monoisotopic (exact) mass is 424 g/mol. The maximum atomic E-state index is 12.5. The first-order chi connectivity index (χ1) is 15.0. The Labute approximate surface area is 181 Å². The molecular formula is C24H28N2O5. The first kappa shape index (κ1) is 22.3. The zero-order valence-corrected chi connectivity index (χ0v) is 17.6. The van der Waals surface area contributed by atoms with Gasteiger partial charge in [-0.15, -0.1) is 0 Å². The fraction of sp³-hybridized carbons (Fsp3) is 0.375. The molecule has 0 bridgehead atoms. The summed E-state index contributed by atoms with van der Waals surface area (Å²) in [5, 5.41) is 14.0. The lowest BCUT2D eigenvalue weighted by atomic mass is 9.98. The number of aliphatic carboxylic acids is 1. The molecule has 3 rings (SSSR count). The molecule has 31 heavy (non-hydrogen) atoms. The number of carbonyl (C=O) groups is 3. The summed E-state index contributed by atoms with van der Waals surface area (Å²) in [6.45, 7) is 2.25. The van der Waals surface area contributed by atoms with Crippen LogP contribution in [0.4, 0.5) is 4.79 Å². The Hall–Kier alpha value is -3.35. The fourth-order valence-corrected chi connectivity index (χ4v) is 3.99. The summed E-state index contributed by atoms with van der Waals surface area (Å²) in [7, 11) is 0. The van der Waals surface area contributed by atoms with E-state index in [1.165, 1.54) is 0 Å².